The number of benzene rings is 1. The maximum absolute atomic E-state index is 12.0. The summed E-state index contributed by atoms with van der Waals surface area (Å²) < 4.78 is 27.6. The molecule has 0 saturated heterocycles. The summed E-state index contributed by atoms with van der Waals surface area (Å²) in [5, 5.41) is 5.69. The number of hydrogen-bond donors (Lipinski definition) is 2. The Bertz CT molecular complexity index is 640. The smallest absolute Gasteiger partial charge is 0.319 e. The quantitative estimate of drug-likeness (QED) is 0.788. The zero-order chi connectivity index (χ0) is 17.4. The Labute approximate surface area is 143 Å². The molecule has 0 spiro atoms. The van der Waals surface area contributed by atoms with Gasteiger partial charge in [0.1, 0.15) is 12.4 Å². The Morgan fingerprint density at radius 2 is 2.00 bits per heavy atom. The molecule has 0 bridgehead atoms. The minimum absolute atomic E-state index is 0.0352. The number of carbonyl (C=O) groups is 1. The fourth-order valence-corrected chi connectivity index (χ4v) is 3.16. The summed E-state index contributed by atoms with van der Waals surface area (Å²) >= 11 is 0. The lowest BCUT2D eigenvalue weighted by Gasteiger charge is -2.21. The number of rotatable bonds is 7. The van der Waals surface area contributed by atoms with E-state index in [1.54, 1.807) is 24.3 Å². The van der Waals surface area contributed by atoms with Crippen LogP contribution in [0, 0.1) is 5.92 Å². The summed E-state index contributed by atoms with van der Waals surface area (Å²) in [7, 11) is -3.05. The van der Waals surface area contributed by atoms with Crippen LogP contribution in [0.4, 0.5) is 10.5 Å². The van der Waals surface area contributed by atoms with E-state index < -0.39 is 9.84 Å². The lowest BCUT2D eigenvalue weighted by molar-refractivity contribution is 0.247. The van der Waals surface area contributed by atoms with Gasteiger partial charge in [-0.05, 0) is 30.9 Å². The maximum Gasteiger partial charge on any atom is 0.319 e. The second kappa shape index (κ2) is 8.92. The molecule has 1 saturated carbocycles. The van der Waals surface area contributed by atoms with Crippen molar-refractivity contribution in [2.24, 2.45) is 5.92 Å². The third-order valence-electron chi connectivity index (χ3n) is 4.09. The summed E-state index contributed by atoms with van der Waals surface area (Å²) in [6.07, 6.45) is 7.34. The van der Waals surface area contributed by atoms with Gasteiger partial charge < -0.3 is 15.4 Å². The molecule has 1 aliphatic carbocycles. The average Bonchev–Trinajstić information content (AvgIpc) is 2.53. The van der Waals surface area contributed by atoms with Crippen molar-refractivity contribution in [2.45, 2.75) is 32.1 Å². The number of sulfone groups is 1. The van der Waals surface area contributed by atoms with Gasteiger partial charge in [-0.1, -0.05) is 25.3 Å². The molecule has 134 valence electrons. The van der Waals surface area contributed by atoms with Crippen molar-refractivity contribution in [1.29, 1.82) is 0 Å². The van der Waals surface area contributed by atoms with Crippen LogP contribution in [-0.2, 0) is 9.84 Å². The normalized spacial score (nSPS) is 15.7. The first-order valence-electron chi connectivity index (χ1n) is 8.38. The molecular weight excluding hydrogens is 328 g/mol. The van der Waals surface area contributed by atoms with Gasteiger partial charge in [-0.3, -0.25) is 0 Å². The summed E-state index contributed by atoms with van der Waals surface area (Å²) in [6.45, 7) is 0.798. The van der Waals surface area contributed by atoms with Crippen molar-refractivity contribution < 1.29 is 17.9 Å². The van der Waals surface area contributed by atoms with Gasteiger partial charge in [-0.15, -0.1) is 0 Å². The number of carbonyl (C=O) groups excluding carboxylic acids is 1. The molecule has 0 heterocycles. The standard InChI is InChI=1S/C17H26N2O4S/c1-24(21,22)11-10-23-16-9-5-8-15(12-16)19-17(20)18-13-14-6-3-2-4-7-14/h5,8-9,12,14H,2-4,6-7,10-11,13H2,1H3,(H2,18,19,20). The van der Waals surface area contributed by atoms with Crippen LogP contribution in [0.25, 0.3) is 0 Å². The van der Waals surface area contributed by atoms with E-state index in [0.717, 1.165) is 0 Å². The number of hydrogen-bond acceptors (Lipinski definition) is 4. The molecule has 1 aromatic rings. The zero-order valence-corrected chi connectivity index (χ0v) is 14.9. The first kappa shape index (κ1) is 18.6. The van der Waals surface area contributed by atoms with Gasteiger partial charge in [0.2, 0.25) is 0 Å². The Morgan fingerprint density at radius 3 is 2.71 bits per heavy atom. The highest BCUT2D eigenvalue weighted by Gasteiger charge is 2.14. The number of urea groups is 1. The SMILES string of the molecule is CS(=O)(=O)CCOc1cccc(NC(=O)NCC2CCCCC2)c1. The highest BCUT2D eigenvalue weighted by molar-refractivity contribution is 7.90. The van der Waals surface area contributed by atoms with Crippen LogP contribution in [0.15, 0.2) is 24.3 Å². The maximum atomic E-state index is 12.0. The van der Waals surface area contributed by atoms with E-state index in [9.17, 15) is 13.2 Å². The van der Waals surface area contributed by atoms with Gasteiger partial charge in [-0.2, -0.15) is 0 Å². The van der Waals surface area contributed by atoms with Crippen LogP contribution in [0.3, 0.4) is 0 Å². The molecule has 0 unspecified atom stereocenters. The fourth-order valence-electron chi connectivity index (χ4n) is 2.78. The molecule has 2 amide bonds. The summed E-state index contributed by atoms with van der Waals surface area (Å²) in [4.78, 5) is 12.0. The molecule has 24 heavy (non-hydrogen) atoms. The fraction of sp³-hybridized carbons (Fsp3) is 0.588. The second-order valence-electron chi connectivity index (χ2n) is 6.35. The van der Waals surface area contributed by atoms with Crippen molar-refractivity contribution in [3.05, 3.63) is 24.3 Å². The predicted octanol–water partition coefficient (Wildman–Crippen LogP) is 2.81. The molecule has 2 N–H and O–H groups in total. The van der Waals surface area contributed by atoms with Gasteiger partial charge >= 0.3 is 6.03 Å². The van der Waals surface area contributed by atoms with E-state index in [-0.39, 0.29) is 18.4 Å². The van der Waals surface area contributed by atoms with E-state index in [0.29, 0.717) is 23.9 Å². The Morgan fingerprint density at radius 1 is 1.25 bits per heavy atom. The van der Waals surface area contributed by atoms with Crippen LogP contribution in [0.5, 0.6) is 5.75 Å². The molecule has 0 aliphatic heterocycles. The first-order valence-corrected chi connectivity index (χ1v) is 10.4. The number of amides is 2. The summed E-state index contributed by atoms with van der Waals surface area (Å²) in [5.74, 6) is 1.07. The molecule has 0 radical (unpaired) electrons. The van der Waals surface area contributed by atoms with Gasteiger partial charge in [-0.25, -0.2) is 13.2 Å². The zero-order valence-electron chi connectivity index (χ0n) is 14.1. The molecule has 6 nitrogen and oxygen atoms in total. The molecule has 1 aromatic carbocycles. The van der Waals surface area contributed by atoms with Gasteiger partial charge in [0, 0.05) is 24.6 Å². The third-order valence-corrected chi connectivity index (χ3v) is 5.00. The Balaban J connectivity index is 1.76. The largest absolute Gasteiger partial charge is 0.492 e. The van der Waals surface area contributed by atoms with Crippen molar-refractivity contribution in [2.75, 3.05) is 30.5 Å². The molecule has 7 heteroatoms. The van der Waals surface area contributed by atoms with Crippen LogP contribution >= 0.6 is 0 Å². The molecule has 1 fully saturated rings. The molecule has 2 rings (SSSR count). The highest BCUT2D eigenvalue weighted by atomic mass is 32.2. The van der Waals surface area contributed by atoms with Crippen molar-refractivity contribution >= 4 is 21.6 Å². The van der Waals surface area contributed by atoms with Gasteiger partial charge in [0.05, 0.1) is 5.75 Å². The number of ether oxygens (including phenoxy) is 1. The van der Waals surface area contributed by atoms with Gasteiger partial charge in [0.25, 0.3) is 0 Å². The van der Waals surface area contributed by atoms with E-state index in [1.165, 1.54) is 38.4 Å². The average molecular weight is 354 g/mol. The van der Waals surface area contributed by atoms with Gasteiger partial charge in [0.15, 0.2) is 9.84 Å². The van der Waals surface area contributed by atoms with Crippen LogP contribution in [0.1, 0.15) is 32.1 Å². The first-order chi connectivity index (χ1) is 11.4. The number of anilines is 1. The van der Waals surface area contributed by atoms with Crippen LogP contribution in [0.2, 0.25) is 0 Å². The minimum atomic E-state index is -3.05. The Kier molecular flexibility index (Phi) is 6.90. The summed E-state index contributed by atoms with van der Waals surface area (Å²) in [6, 6.07) is 6.71. The third kappa shape index (κ3) is 7.21. The van der Waals surface area contributed by atoms with Crippen molar-refractivity contribution in [3.8, 4) is 5.75 Å². The predicted molar refractivity (Wildman–Crippen MR) is 95.2 cm³/mol. The second-order valence-corrected chi connectivity index (χ2v) is 8.60. The topological polar surface area (TPSA) is 84.5 Å². The van der Waals surface area contributed by atoms with Crippen LogP contribution < -0.4 is 15.4 Å². The molecule has 1 aliphatic rings. The molecular formula is C17H26N2O4S. The molecule has 0 atom stereocenters. The van der Waals surface area contributed by atoms with E-state index >= 15 is 0 Å². The highest BCUT2D eigenvalue weighted by Crippen LogP contribution is 2.23. The van der Waals surface area contributed by atoms with E-state index in [4.69, 9.17) is 4.74 Å². The van der Waals surface area contributed by atoms with Crippen molar-refractivity contribution in [3.63, 3.8) is 0 Å². The monoisotopic (exact) mass is 354 g/mol. The number of nitrogens with one attached hydrogen (secondary N) is 2. The Hall–Kier alpha value is -1.76. The van der Waals surface area contributed by atoms with Crippen LogP contribution in [-0.4, -0.2) is 39.6 Å². The van der Waals surface area contributed by atoms with E-state index in [1.807, 2.05) is 0 Å². The lowest BCUT2D eigenvalue weighted by Crippen LogP contribution is -2.33. The van der Waals surface area contributed by atoms with Crippen molar-refractivity contribution in [1.82, 2.24) is 5.32 Å². The minimum Gasteiger partial charge on any atom is -0.492 e. The lowest BCUT2D eigenvalue weighted by atomic mass is 9.89. The van der Waals surface area contributed by atoms with E-state index in [2.05, 4.69) is 10.6 Å². The molecule has 0 aromatic heterocycles. The summed E-state index contributed by atoms with van der Waals surface area (Å²) in [5.41, 5.74) is 0.619.